The van der Waals surface area contributed by atoms with Crippen molar-refractivity contribution in [3.05, 3.63) is 47.5 Å². The van der Waals surface area contributed by atoms with E-state index in [9.17, 15) is 5.11 Å². The topological polar surface area (TPSA) is 20.2 Å². The summed E-state index contributed by atoms with van der Waals surface area (Å²) >= 11 is 0. The Bertz CT molecular complexity index is 703. The zero-order valence-corrected chi connectivity index (χ0v) is 12.5. The van der Waals surface area contributed by atoms with E-state index >= 15 is 0 Å². The summed E-state index contributed by atoms with van der Waals surface area (Å²) in [6, 6.07) is 12.9. The summed E-state index contributed by atoms with van der Waals surface area (Å²) in [4.78, 5) is 0. The summed E-state index contributed by atoms with van der Waals surface area (Å²) in [5.74, 6) is 4.06. The van der Waals surface area contributed by atoms with Crippen LogP contribution in [0.25, 0.3) is 10.8 Å². The van der Waals surface area contributed by atoms with Gasteiger partial charge in [-0.3, -0.25) is 0 Å². The fraction of sp³-hybridized carbons (Fsp3) is 0.500. The highest BCUT2D eigenvalue weighted by Crippen LogP contribution is 2.72. The Kier molecular flexibility index (Phi) is 2.39. The van der Waals surface area contributed by atoms with Gasteiger partial charge in [-0.25, -0.2) is 0 Å². The number of aliphatic hydroxyl groups is 1. The third-order valence-corrected chi connectivity index (χ3v) is 6.64. The lowest BCUT2D eigenvalue weighted by Gasteiger charge is -2.19. The molecular formula is C20H22O. The highest BCUT2D eigenvalue weighted by molar-refractivity contribution is 5.87. The molecule has 0 heterocycles. The van der Waals surface area contributed by atoms with Crippen LogP contribution in [-0.4, -0.2) is 5.11 Å². The summed E-state index contributed by atoms with van der Waals surface area (Å²) in [5.41, 5.74) is 2.45. The van der Waals surface area contributed by atoms with Gasteiger partial charge in [0.25, 0.3) is 0 Å². The van der Waals surface area contributed by atoms with Gasteiger partial charge in [0.15, 0.2) is 0 Å². The normalized spacial score (nSPS) is 37.7. The first-order chi connectivity index (χ1) is 10.3. The largest absolute Gasteiger partial charge is 0.388 e. The fourth-order valence-electron chi connectivity index (χ4n) is 5.80. The second-order valence-corrected chi connectivity index (χ2v) is 7.53. The maximum absolute atomic E-state index is 11.1. The molecule has 3 aliphatic rings. The Balaban J connectivity index is 1.57. The van der Waals surface area contributed by atoms with Crippen molar-refractivity contribution in [3.8, 4) is 0 Å². The molecule has 5 rings (SSSR count). The Morgan fingerprint density at radius 3 is 2.48 bits per heavy atom. The monoisotopic (exact) mass is 278 g/mol. The van der Waals surface area contributed by atoms with E-state index in [-0.39, 0.29) is 6.10 Å². The Hall–Kier alpha value is -1.34. The number of hydrogen-bond donors (Lipinski definition) is 1. The predicted octanol–water partition coefficient (Wildman–Crippen LogP) is 4.47. The number of aliphatic hydroxyl groups excluding tert-OH is 1. The van der Waals surface area contributed by atoms with Crippen molar-refractivity contribution in [2.24, 2.45) is 29.6 Å². The zero-order chi connectivity index (χ0) is 14.1. The summed E-state index contributed by atoms with van der Waals surface area (Å²) in [7, 11) is 0. The number of hydrogen-bond acceptors (Lipinski definition) is 1. The van der Waals surface area contributed by atoms with Crippen LogP contribution < -0.4 is 0 Å². The second-order valence-electron chi connectivity index (χ2n) is 7.53. The number of fused-ring (bicyclic) bond motifs is 6. The van der Waals surface area contributed by atoms with E-state index in [4.69, 9.17) is 0 Å². The second kappa shape index (κ2) is 4.10. The van der Waals surface area contributed by atoms with Gasteiger partial charge in [-0.2, -0.15) is 0 Å². The Labute approximate surface area is 126 Å². The molecule has 0 aromatic heterocycles. The minimum absolute atomic E-state index is 0.255. The highest BCUT2D eigenvalue weighted by atomic mass is 16.3. The Morgan fingerprint density at radius 1 is 1.00 bits per heavy atom. The van der Waals surface area contributed by atoms with Gasteiger partial charge in [-0.05, 0) is 77.7 Å². The molecular weight excluding hydrogens is 256 g/mol. The van der Waals surface area contributed by atoms with Crippen LogP contribution in [0.3, 0.4) is 0 Å². The molecule has 0 aliphatic heterocycles. The van der Waals surface area contributed by atoms with Crippen LogP contribution in [-0.2, 0) is 0 Å². The van der Waals surface area contributed by atoms with Crippen molar-refractivity contribution in [3.63, 3.8) is 0 Å². The van der Waals surface area contributed by atoms with E-state index in [0.29, 0.717) is 5.92 Å². The van der Waals surface area contributed by atoms with Crippen LogP contribution in [0.15, 0.2) is 36.4 Å². The summed E-state index contributed by atoms with van der Waals surface area (Å²) in [5, 5.41) is 13.6. The summed E-state index contributed by atoms with van der Waals surface area (Å²) in [6.07, 6.45) is 4.04. The van der Waals surface area contributed by atoms with E-state index in [1.54, 1.807) is 0 Å². The maximum atomic E-state index is 11.1. The van der Waals surface area contributed by atoms with Crippen molar-refractivity contribution in [1.82, 2.24) is 0 Å². The molecule has 1 heteroatoms. The van der Waals surface area contributed by atoms with Crippen molar-refractivity contribution in [2.45, 2.75) is 32.3 Å². The number of benzene rings is 2. The summed E-state index contributed by atoms with van der Waals surface area (Å²) in [6.45, 7) is 2.15. The van der Waals surface area contributed by atoms with E-state index in [1.807, 2.05) is 0 Å². The fourth-order valence-corrected chi connectivity index (χ4v) is 5.80. The molecule has 0 amide bonds. The molecule has 21 heavy (non-hydrogen) atoms. The average molecular weight is 278 g/mol. The number of rotatable bonds is 2. The molecule has 0 radical (unpaired) electrons. The van der Waals surface area contributed by atoms with Crippen LogP contribution in [0.4, 0.5) is 0 Å². The van der Waals surface area contributed by atoms with E-state index < -0.39 is 0 Å². The quantitative estimate of drug-likeness (QED) is 0.859. The number of aryl methyl sites for hydroxylation is 1. The Morgan fingerprint density at radius 2 is 1.71 bits per heavy atom. The molecule has 108 valence electrons. The lowest BCUT2D eigenvalue weighted by Crippen LogP contribution is -2.10. The first kappa shape index (κ1) is 12.2. The lowest BCUT2D eigenvalue weighted by atomic mass is 9.89. The van der Waals surface area contributed by atoms with Gasteiger partial charge in [-0.1, -0.05) is 36.4 Å². The van der Waals surface area contributed by atoms with E-state index in [0.717, 1.165) is 23.7 Å². The van der Waals surface area contributed by atoms with Gasteiger partial charge >= 0.3 is 0 Å². The third kappa shape index (κ3) is 1.56. The standard InChI is InChI=1S/C20H22O/c1-11-6-7-12-4-2-3-5-15(12)16(11)20(21)19-17-13-8-9-14(10-13)18(17)19/h2-7,13-14,17-21H,8-10H2,1H3. The van der Waals surface area contributed by atoms with Crippen LogP contribution >= 0.6 is 0 Å². The van der Waals surface area contributed by atoms with Crippen molar-refractivity contribution in [2.75, 3.05) is 0 Å². The van der Waals surface area contributed by atoms with Gasteiger partial charge < -0.3 is 5.11 Å². The third-order valence-electron chi connectivity index (χ3n) is 6.64. The molecule has 3 saturated carbocycles. The molecule has 2 bridgehead atoms. The predicted molar refractivity (Wildman–Crippen MR) is 84.9 cm³/mol. The molecule has 5 atom stereocenters. The molecule has 5 unspecified atom stereocenters. The molecule has 2 aromatic carbocycles. The van der Waals surface area contributed by atoms with Gasteiger partial charge in [0.2, 0.25) is 0 Å². The maximum Gasteiger partial charge on any atom is 0.0832 e. The van der Waals surface area contributed by atoms with Crippen LogP contribution in [0, 0.1) is 36.5 Å². The van der Waals surface area contributed by atoms with E-state index in [2.05, 4.69) is 43.3 Å². The molecule has 0 saturated heterocycles. The lowest BCUT2D eigenvalue weighted by molar-refractivity contribution is 0.131. The molecule has 1 N–H and O–H groups in total. The van der Waals surface area contributed by atoms with E-state index in [1.165, 1.54) is 41.2 Å². The molecule has 3 fully saturated rings. The van der Waals surface area contributed by atoms with Crippen molar-refractivity contribution >= 4 is 10.8 Å². The highest BCUT2D eigenvalue weighted by Gasteiger charge is 2.66. The SMILES string of the molecule is Cc1ccc2ccccc2c1C(O)C1C2C3CCC(C3)C21. The van der Waals surface area contributed by atoms with Crippen molar-refractivity contribution in [1.29, 1.82) is 0 Å². The van der Waals surface area contributed by atoms with Crippen LogP contribution in [0.2, 0.25) is 0 Å². The summed E-state index contributed by atoms with van der Waals surface area (Å²) < 4.78 is 0. The minimum Gasteiger partial charge on any atom is -0.388 e. The van der Waals surface area contributed by atoms with Gasteiger partial charge in [-0.15, -0.1) is 0 Å². The molecule has 0 spiro atoms. The molecule has 2 aromatic rings. The van der Waals surface area contributed by atoms with Crippen molar-refractivity contribution < 1.29 is 5.11 Å². The van der Waals surface area contributed by atoms with Gasteiger partial charge in [0, 0.05) is 0 Å². The smallest absolute Gasteiger partial charge is 0.0832 e. The first-order valence-electron chi connectivity index (χ1n) is 8.42. The average Bonchev–Trinajstić information content (AvgIpc) is 2.94. The van der Waals surface area contributed by atoms with Crippen LogP contribution in [0.5, 0.6) is 0 Å². The van der Waals surface area contributed by atoms with Gasteiger partial charge in [0.1, 0.15) is 0 Å². The molecule has 1 nitrogen and oxygen atoms in total. The minimum atomic E-state index is -0.255. The van der Waals surface area contributed by atoms with Crippen LogP contribution in [0.1, 0.15) is 36.5 Å². The molecule has 3 aliphatic carbocycles. The zero-order valence-electron chi connectivity index (χ0n) is 12.5. The van der Waals surface area contributed by atoms with Gasteiger partial charge in [0.05, 0.1) is 6.10 Å². The first-order valence-corrected chi connectivity index (χ1v) is 8.42.